The molecule has 1 atom stereocenters. The zero-order valence-corrected chi connectivity index (χ0v) is 17.1. The number of hydrogen-bond donors (Lipinski definition) is 2. The van der Waals surface area contributed by atoms with E-state index < -0.39 is 17.7 Å². The summed E-state index contributed by atoms with van der Waals surface area (Å²) in [6, 6.07) is -0.775. The Balaban J connectivity index is 1.80. The first-order valence-electron chi connectivity index (χ1n) is 9.77. The molecule has 10 heteroatoms. The molecule has 2 rings (SSSR count). The molecule has 0 bridgehead atoms. The van der Waals surface area contributed by atoms with Crippen molar-refractivity contribution < 1.29 is 24.0 Å². The van der Waals surface area contributed by atoms with E-state index in [1.165, 1.54) is 4.90 Å². The van der Waals surface area contributed by atoms with Crippen LogP contribution in [0.3, 0.4) is 0 Å². The molecule has 0 unspecified atom stereocenters. The van der Waals surface area contributed by atoms with Gasteiger partial charge in [0.1, 0.15) is 11.6 Å². The fraction of sp³-hybridized carbons (Fsp3) is 0.778. The highest BCUT2D eigenvalue weighted by atomic mass is 16.6. The van der Waals surface area contributed by atoms with Crippen molar-refractivity contribution in [1.29, 1.82) is 0 Å². The molecule has 0 aromatic carbocycles. The second kappa shape index (κ2) is 9.72. The van der Waals surface area contributed by atoms with Gasteiger partial charge < -0.3 is 19.4 Å². The lowest BCUT2D eigenvalue weighted by atomic mass is 10.1. The third-order valence-corrected chi connectivity index (χ3v) is 4.28. The lowest BCUT2D eigenvalue weighted by molar-refractivity contribution is -0.0527. The van der Waals surface area contributed by atoms with Gasteiger partial charge in [-0.15, -0.1) is 10.2 Å². The highest BCUT2D eigenvalue weighted by Gasteiger charge is 2.33. The van der Waals surface area contributed by atoms with Crippen LogP contribution in [0.4, 0.5) is 9.59 Å². The Labute approximate surface area is 165 Å². The third kappa shape index (κ3) is 6.36. The minimum atomic E-state index is -0.511. The Kier molecular flexibility index (Phi) is 7.61. The summed E-state index contributed by atoms with van der Waals surface area (Å²) in [5.41, 5.74) is -0.511. The highest BCUT2D eigenvalue weighted by molar-refractivity contribution is 5.73. The van der Waals surface area contributed by atoms with Crippen LogP contribution in [-0.4, -0.2) is 62.7 Å². The van der Waals surface area contributed by atoms with E-state index in [2.05, 4.69) is 15.5 Å². The first-order valence-corrected chi connectivity index (χ1v) is 9.77. The van der Waals surface area contributed by atoms with Gasteiger partial charge in [0.05, 0.1) is 6.54 Å². The van der Waals surface area contributed by atoms with Gasteiger partial charge in [0, 0.05) is 19.5 Å². The van der Waals surface area contributed by atoms with E-state index in [-0.39, 0.29) is 12.6 Å². The van der Waals surface area contributed by atoms with Crippen molar-refractivity contribution in [3.63, 3.8) is 0 Å². The first-order chi connectivity index (χ1) is 13.2. The number of rotatable bonds is 7. The molecule has 0 radical (unpaired) electrons. The number of alkyl carbamates (subject to hydrolysis) is 1. The van der Waals surface area contributed by atoms with Crippen molar-refractivity contribution in [3.05, 3.63) is 11.8 Å². The van der Waals surface area contributed by atoms with E-state index in [1.54, 1.807) is 0 Å². The second-order valence-corrected chi connectivity index (χ2v) is 7.77. The molecule has 158 valence electrons. The number of amides is 3. The predicted octanol–water partition coefficient (Wildman–Crippen LogP) is 2.89. The number of nitrogens with one attached hydrogen (secondary N) is 1. The topological polar surface area (TPSA) is 121 Å². The standard InChI is InChI=1S/C18H31N5O5/c1-5-22-13(9-8-12-23(26)17(22)25)15-21-20-14(27-15)10-6-7-11-19-16(24)28-18(2,3)4/h13,26H,5-12H2,1-4H3,(H,19,24)/t13-/m0/s1. The van der Waals surface area contributed by atoms with Crippen molar-refractivity contribution in [2.75, 3.05) is 19.6 Å². The van der Waals surface area contributed by atoms with Gasteiger partial charge in [0.2, 0.25) is 11.8 Å². The molecule has 0 saturated carbocycles. The number of aryl methyl sites for hydroxylation is 1. The predicted molar refractivity (Wildman–Crippen MR) is 99.7 cm³/mol. The minimum absolute atomic E-state index is 0.289. The largest absolute Gasteiger partial charge is 0.444 e. The minimum Gasteiger partial charge on any atom is -0.444 e. The van der Waals surface area contributed by atoms with E-state index in [4.69, 9.17) is 9.15 Å². The van der Waals surface area contributed by atoms with Crippen molar-refractivity contribution in [1.82, 2.24) is 25.5 Å². The number of ether oxygens (including phenoxy) is 1. The van der Waals surface area contributed by atoms with Gasteiger partial charge in [-0.3, -0.25) is 5.21 Å². The Hall–Kier alpha value is -2.36. The van der Waals surface area contributed by atoms with E-state index >= 15 is 0 Å². The van der Waals surface area contributed by atoms with Gasteiger partial charge in [-0.1, -0.05) is 0 Å². The zero-order chi connectivity index (χ0) is 20.7. The van der Waals surface area contributed by atoms with Gasteiger partial charge >= 0.3 is 12.1 Å². The summed E-state index contributed by atoms with van der Waals surface area (Å²) in [6.07, 6.45) is 2.97. The number of unbranched alkanes of at least 4 members (excludes halogenated alkanes) is 1. The summed E-state index contributed by atoms with van der Waals surface area (Å²) in [5, 5.41) is 21.4. The number of aromatic nitrogens is 2. The normalized spacial score (nSPS) is 18.2. The van der Waals surface area contributed by atoms with Crippen molar-refractivity contribution in [2.45, 2.75) is 71.4 Å². The number of carbonyl (C=O) groups is 2. The summed E-state index contributed by atoms with van der Waals surface area (Å²) in [6.45, 7) is 8.53. The molecule has 1 aromatic heterocycles. The average molecular weight is 397 g/mol. The number of nitrogens with zero attached hydrogens (tertiary/aromatic N) is 4. The summed E-state index contributed by atoms with van der Waals surface area (Å²) in [4.78, 5) is 25.3. The Morgan fingerprint density at radius 1 is 1.36 bits per heavy atom. The van der Waals surface area contributed by atoms with Crippen LogP contribution in [0.2, 0.25) is 0 Å². The number of hydroxylamine groups is 2. The molecule has 28 heavy (non-hydrogen) atoms. The van der Waals surface area contributed by atoms with Crippen LogP contribution in [0.1, 0.15) is 71.2 Å². The van der Waals surface area contributed by atoms with E-state index in [0.29, 0.717) is 44.1 Å². The summed E-state index contributed by atoms with van der Waals surface area (Å²) < 4.78 is 10.9. The molecule has 2 N–H and O–H groups in total. The van der Waals surface area contributed by atoms with Gasteiger partial charge in [-0.2, -0.15) is 0 Å². The maximum absolute atomic E-state index is 12.2. The zero-order valence-electron chi connectivity index (χ0n) is 17.1. The monoisotopic (exact) mass is 397 g/mol. The van der Waals surface area contributed by atoms with E-state index in [9.17, 15) is 14.8 Å². The molecule has 2 heterocycles. The SMILES string of the molecule is CCN1C(=O)N(O)CCC[C@H]1c1nnc(CCCCNC(=O)OC(C)(C)C)o1. The van der Waals surface area contributed by atoms with Crippen molar-refractivity contribution in [3.8, 4) is 0 Å². The lowest BCUT2D eigenvalue weighted by Crippen LogP contribution is -2.41. The summed E-state index contributed by atoms with van der Waals surface area (Å²) in [7, 11) is 0. The highest BCUT2D eigenvalue weighted by Crippen LogP contribution is 2.28. The van der Waals surface area contributed by atoms with Crippen LogP contribution in [0.15, 0.2) is 4.42 Å². The summed E-state index contributed by atoms with van der Waals surface area (Å²) >= 11 is 0. The van der Waals surface area contributed by atoms with Gasteiger partial charge in [-0.25, -0.2) is 14.7 Å². The molecule has 1 saturated heterocycles. The van der Waals surface area contributed by atoms with Gasteiger partial charge in [-0.05, 0) is 53.4 Å². The molecule has 3 amide bonds. The van der Waals surface area contributed by atoms with E-state index in [0.717, 1.165) is 17.9 Å². The molecule has 0 spiro atoms. The molecule has 1 aliphatic rings. The molecular formula is C18H31N5O5. The molecule has 1 aromatic rings. The second-order valence-electron chi connectivity index (χ2n) is 7.77. The van der Waals surface area contributed by atoms with E-state index in [1.807, 2.05) is 27.7 Å². The Morgan fingerprint density at radius 3 is 2.79 bits per heavy atom. The Morgan fingerprint density at radius 2 is 2.11 bits per heavy atom. The number of hydrogen-bond acceptors (Lipinski definition) is 7. The molecule has 1 fully saturated rings. The van der Waals surface area contributed by atoms with Crippen LogP contribution in [0.25, 0.3) is 0 Å². The maximum atomic E-state index is 12.2. The number of urea groups is 1. The van der Waals surface area contributed by atoms with Gasteiger partial charge in [0.15, 0.2) is 0 Å². The van der Waals surface area contributed by atoms with Crippen LogP contribution >= 0.6 is 0 Å². The first kappa shape index (κ1) is 21.9. The fourth-order valence-electron chi connectivity index (χ4n) is 2.99. The Bertz CT molecular complexity index is 657. The van der Waals surface area contributed by atoms with Crippen molar-refractivity contribution >= 4 is 12.1 Å². The number of carbonyl (C=O) groups excluding carboxylic acids is 2. The smallest absolute Gasteiger partial charge is 0.407 e. The van der Waals surface area contributed by atoms with Crippen LogP contribution in [0.5, 0.6) is 0 Å². The average Bonchev–Trinajstić information content (AvgIpc) is 3.01. The molecule has 10 nitrogen and oxygen atoms in total. The third-order valence-electron chi connectivity index (χ3n) is 4.28. The van der Waals surface area contributed by atoms with Gasteiger partial charge in [0.25, 0.3) is 0 Å². The van der Waals surface area contributed by atoms with Crippen LogP contribution in [0, 0.1) is 0 Å². The van der Waals surface area contributed by atoms with Crippen molar-refractivity contribution in [2.24, 2.45) is 0 Å². The van der Waals surface area contributed by atoms with Crippen LogP contribution < -0.4 is 5.32 Å². The molecular weight excluding hydrogens is 366 g/mol. The fourth-order valence-corrected chi connectivity index (χ4v) is 2.99. The quantitative estimate of drug-likeness (QED) is 0.536. The molecule has 0 aliphatic carbocycles. The molecule has 1 aliphatic heterocycles. The lowest BCUT2D eigenvalue weighted by Gasteiger charge is -2.27. The van der Waals surface area contributed by atoms with Crippen LogP contribution in [-0.2, 0) is 11.2 Å². The maximum Gasteiger partial charge on any atom is 0.407 e. The summed E-state index contributed by atoms with van der Waals surface area (Å²) in [5.74, 6) is 0.897.